The molecular weight excluding hydrogens is 689 g/mol. The van der Waals surface area contributed by atoms with Gasteiger partial charge in [0, 0.05) is 54.8 Å². The summed E-state index contributed by atoms with van der Waals surface area (Å²) < 4.78 is 111. The highest BCUT2D eigenvalue weighted by Crippen LogP contribution is 2.45. The van der Waals surface area contributed by atoms with E-state index in [-0.39, 0.29) is 54.7 Å². The van der Waals surface area contributed by atoms with Crippen LogP contribution < -0.4 is 11.1 Å². The van der Waals surface area contributed by atoms with Crippen LogP contribution in [0.25, 0.3) is 32.1 Å². The fourth-order valence-corrected chi connectivity index (χ4v) is 6.23. The lowest BCUT2D eigenvalue weighted by molar-refractivity contribution is -0.193. The average molecular weight is 710 g/mol. The van der Waals surface area contributed by atoms with Crippen molar-refractivity contribution in [2.45, 2.75) is 31.4 Å². The molecule has 0 spiro atoms. The molecule has 48 heavy (non-hydrogen) atoms. The number of aryl methyl sites for hydroxylation is 1. The number of hydrogen-bond donors (Lipinski definition) is 4. The first-order valence-electron chi connectivity index (χ1n) is 13.3. The Kier molecular flexibility index (Phi) is 9.87. The van der Waals surface area contributed by atoms with Gasteiger partial charge in [0.1, 0.15) is 28.5 Å². The van der Waals surface area contributed by atoms with Gasteiger partial charge in [0.05, 0.1) is 21.3 Å². The van der Waals surface area contributed by atoms with Crippen LogP contribution in [0.1, 0.15) is 22.3 Å². The number of nitrogens with one attached hydrogen (secondary N) is 1. The lowest BCUT2D eigenvalue weighted by Crippen LogP contribution is -2.54. The zero-order valence-electron chi connectivity index (χ0n) is 23.8. The van der Waals surface area contributed by atoms with Gasteiger partial charge in [-0.2, -0.15) is 31.6 Å². The number of nitrogens with zero attached hydrogens (tertiary/aromatic N) is 3. The molecule has 20 heteroatoms. The maximum atomic E-state index is 15.8. The number of aromatic nitrogens is 1. The fourth-order valence-electron chi connectivity index (χ4n) is 5.28. The highest BCUT2D eigenvalue weighted by atomic mass is 32.1. The second-order valence-corrected chi connectivity index (χ2v) is 11.2. The minimum absolute atomic E-state index is 0.0202. The smallest absolute Gasteiger partial charge is 0.475 e. The molecule has 1 atom stereocenters. The Morgan fingerprint density at radius 1 is 0.958 bits per heavy atom. The van der Waals surface area contributed by atoms with Crippen LogP contribution >= 0.6 is 11.3 Å². The molecule has 2 aliphatic heterocycles. The Labute approximate surface area is 266 Å². The summed E-state index contributed by atoms with van der Waals surface area (Å²) in [6.45, 7) is 2.18. The van der Waals surface area contributed by atoms with Gasteiger partial charge in [0.2, 0.25) is 0 Å². The number of nitriles is 1. The largest absolute Gasteiger partial charge is 0.490 e. The van der Waals surface area contributed by atoms with Gasteiger partial charge >= 0.3 is 24.3 Å². The van der Waals surface area contributed by atoms with Gasteiger partial charge in [-0.25, -0.2) is 22.8 Å². The van der Waals surface area contributed by atoms with E-state index in [4.69, 9.17) is 25.5 Å². The second-order valence-electron chi connectivity index (χ2n) is 10.2. The molecule has 1 amide bonds. The number of halogens is 9. The number of carboxylic acid groups (broad SMARTS) is 2. The van der Waals surface area contributed by atoms with Crippen molar-refractivity contribution in [3.63, 3.8) is 0 Å². The quantitative estimate of drug-likeness (QED) is 0.189. The summed E-state index contributed by atoms with van der Waals surface area (Å²) in [6.07, 6.45) is -8.27. The topological polar surface area (TPSA) is 162 Å². The molecular formula is C28H20F9N5O5S. The minimum Gasteiger partial charge on any atom is -0.475 e. The number of thiophene rings is 1. The van der Waals surface area contributed by atoms with Crippen molar-refractivity contribution in [3.8, 4) is 17.2 Å². The Balaban J connectivity index is 0.000000314. The van der Waals surface area contributed by atoms with Crippen LogP contribution in [0.5, 0.6) is 0 Å². The van der Waals surface area contributed by atoms with Crippen molar-refractivity contribution >= 4 is 55.2 Å². The number of carboxylic acids is 2. The highest BCUT2D eigenvalue weighted by molar-refractivity contribution is 7.23. The van der Waals surface area contributed by atoms with Crippen LogP contribution in [-0.2, 0) is 16.1 Å². The monoisotopic (exact) mass is 709 g/mol. The molecule has 4 heterocycles. The SMILES string of the molecule is N#Cc1c(N)sc2c(F)ccc(-c3c(F)cc4c5c3c(F)cn5CCC3CNCCN3C4=O)c12.O=C(O)C(F)(F)F.O=C(O)C(F)(F)F. The van der Waals surface area contributed by atoms with E-state index in [0.29, 0.717) is 38.1 Å². The zero-order chi connectivity index (χ0) is 35.9. The number of benzene rings is 2. The standard InChI is InChI=1S/C24H18F3N5OS.2C2HF3O2/c25-15-2-1-12(18-14(8-28)23(29)34-22(15)18)19-16(26)7-13-21-20(19)17(27)10-31(21)5-3-11-9-30-4-6-32(11)24(13)33;2*3-2(4,5)1(6)7/h1-2,7,10-11,30H,3-6,9,29H2;2*(H,6,7). The number of amides is 1. The summed E-state index contributed by atoms with van der Waals surface area (Å²) in [5.41, 5.74) is 6.41. The number of nitrogens with two attached hydrogens (primary N) is 1. The Hall–Kier alpha value is -5.03. The Bertz CT molecular complexity index is 1960. The number of alkyl halides is 6. The molecule has 4 aromatic rings. The first-order chi connectivity index (χ1) is 22.3. The number of piperazine rings is 1. The molecule has 2 aliphatic rings. The summed E-state index contributed by atoms with van der Waals surface area (Å²) >= 11 is 0.889. The van der Waals surface area contributed by atoms with Gasteiger partial charge in [-0.3, -0.25) is 4.79 Å². The van der Waals surface area contributed by atoms with E-state index in [9.17, 15) is 40.8 Å². The molecule has 6 rings (SSSR count). The number of fused-ring (bicyclic) bond motifs is 2. The van der Waals surface area contributed by atoms with Crippen molar-refractivity contribution in [1.82, 2.24) is 14.8 Å². The lowest BCUT2D eigenvalue weighted by Gasteiger charge is -2.38. The predicted octanol–water partition coefficient (Wildman–Crippen LogP) is 5.48. The third-order valence-corrected chi connectivity index (χ3v) is 8.30. The number of hydrogen-bond acceptors (Lipinski definition) is 7. The van der Waals surface area contributed by atoms with Crippen molar-refractivity contribution < 1.29 is 64.1 Å². The summed E-state index contributed by atoms with van der Waals surface area (Å²) in [5.74, 6) is -7.96. The Morgan fingerprint density at radius 2 is 1.56 bits per heavy atom. The molecule has 0 bridgehead atoms. The number of anilines is 1. The Morgan fingerprint density at radius 3 is 2.12 bits per heavy atom. The van der Waals surface area contributed by atoms with Crippen molar-refractivity contribution in [2.75, 3.05) is 25.4 Å². The molecule has 1 saturated heterocycles. The molecule has 1 fully saturated rings. The molecule has 1 unspecified atom stereocenters. The van der Waals surface area contributed by atoms with Gasteiger partial charge in [0.15, 0.2) is 0 Å². The van der Waals surface area contributed by atoms with Gasteiger partial charge in [0.25, 0.3) is 5.91 Å². The second kappa shape index (κ2) is 13.2. The molecule has 0 radical (unpaired) electrons. The van der Waals surface area contributed by atoms with Crippen LogP contribution in [0, 0.1) is 28.8 Å². The van der Waals surface area contributed by atoms with E-state index in [0.717, 1.165) is 23.5 Å². The maximum Gasteiger partial charge on any atom is 0.490 e. The van der Waals surface area contributed by atoms with Crippen molar-refractivity contribution in [2.24, 2.45) is 0 Å². The number of rotatable bonds is 1. The fraction of sp³-hybridized carbons (Fsp3) is 0.286. The van der Waals surface area contributed by atoms with E-state index in [1.807, 2.05) is 6.07 Å². The zero-order valence-corrected chi connectivity index (χ0v) is 24.6. The van der Waals surface area contributed by atoms with Crippen molar-refractivity contribution in [3.05, 3.63) is 53.0 Å². The predicted molar refractivity (Wildman–Crippen MR) is 151 cm³/mol. The van der Waals surface area contributed by atoms with Gasteiger partial charge in [-0.15, -0.1) is 11.3 Å². The van der Waals surface area contributed by atoms with E-state index in [2.05, 4.69) is 5.32 Å². The highest BCUT2D eigenvalue weighted by Gasteiger charge is 2.39. The third kappa shape index (κ3) is 6.82. The molecule has 2 aromatic carbocycles. The first kappa shape index (κ1) is 35.8. The average Bonchev–Trinajstić information content (AvgIpc) is 3.51. The van der Waals surface area contributed by atoms with E-state index >= 15 is 8.78 Å². The van der Waals surface area contributed by atoms with Crippen LogP contribution in [0.3, 0.4) is 0 Å². The normalized spacial score (nSPS) is 16.1. The first-order valence-corrected chi connectivity index (χ1v) is 14.1. The van der Waals surface area contributed by atoms with E-state index in [1.54, 1.807) is 9.47 Å². The number of nitrogen functional groups attached to an aromatic ring is 1. The van der Waals surface area contributed by atoms with Crippen molar-refractivity contribution in [1.29, 1.82) is 5.26 Å². The van der Waals surface area contributed by atoms with Crippen LogP contribution in [-0.4, -0.2) is 75.6 Å². The molecule has 0 saturated carbocycles. The summed E-state index contributed by atoms with van der Waals surface area (Å²) in [4.78, 5) is 33.0. The van der Waals surface area contributed by atoms with E-state index in [1.165, 1.54) is 12.3 Å². The van der Waals surface area contributed by atoms with Gasteiger partial charge in [-0.05, 0) is 24.1 Å². The van der Waals surface area contributed by atoms with Gasteiger partial charge in [-0.1, -0.05) is 6.07 Å². The lowest BCUT2D eigenvalue weighted by atomic mass is 9.93. The molecule has 0 aliphatic carbocycles. The van der Waals surface area contributed by atoms with Crippen LogP contribution in [0.4, 0.5) is 44.5 Å². The summed E-state index contributed by atoms with van der Waals surface area (Å²) in [7, 11) is 0. The third-order valence-electron chi connectivity index (χ3n) is 7.28. The maximum absolute atomic E-state index is 15.8. The van der Waals surface area contributed by atoms with Crippen LogP contribution in [0.15, 0.2) is 24.4 Å². The molecule has 10 nitrogen and oxygen atoms in total. The number of aliphatic carboxylic acids is 2. The number of carbonyl (C=O) groups is 3. The summed E-state index contributed by atoms with van der Waals surface area (Å²) in [6, 6.07) is 5.52. The number of carbonyl (C=O) groups excluding carboxylic acids is 1. The van der Waals surface area contributed by atoms with Crippen LogP contribution in [0.2, 0.25) is 0 Å². The van der Waals surface area contributed by atoms with Gasteiger partial charge < -0.3 is 30.7 Å². The summed E-state index contributed by atoms with van der Waals surface area (Å²) in [5, 5.41) is 27.3. The molecule has 256 valence electrons. The molecule has 5 N–H and O–H groups in total. The molecule has 2 aromatic heterocycles. The minimum atomic E-state index is -5.08. The van der Waals surface area contributed by atoms with E-state index < -0.39 is 41.7 Å².